The SMILES string of the molecule is O=C(Nc1c([N+](=O)[O-])cnn1-c1c(Cl)cc(C(F)(F)F)c(Cl)c1Cl)C(F)(F)F. The molecule has 16 heteroatoms. The predicted octanol–water partition coefficient (Wildman–Crippen LogP) is 5.26. The number of hydrogen-bond acceptors (Lipinski definition) is 4. The number of benzene rings is 1. The third kappa shape index (κ3) is 4.10. The van der Waals surface area contributed by atoms with Gasteiger partial charge in [-0.25, -0.2) is 4.68 Å². The van der Waals surface area contributed by atoms with Gasteiger partial charge in [-0.1, -0.05) is 34.8 Å². The fraction of sp³-hybridized carbons (Fsp3) is 0.167. The van der Waals surface area contributed by atoms with E-state index in [9.17, 15) is 41.3 Å². The number of amides is 1. The van der Waals surface area contributed by atoms with Crippen LogP contribution >= 0.6 is 34.8 Å². The molecule has 0 fully saturated rings. The summed E-state index contributed by atoms with van der Waals surface area (Å²) in [7, 11) is 0. The molecule has 0 aliphatic rings. The van der Waals surface area contributed by atoms with Crippen molar-refractivity contribution in [3.8, 4) is 5.69 Å². The summed E-state index contributed by atoms with van der Waals surface area (Å²) in [5.41, 5.74) is -3.29. The van der Waals surface area contributed by atoms with Crippen LogP contribution in [0.3, 0.4) is 0 Å². The number of anilines is 1. The maximum absolute atomic E-state index is 12.9. The smallest absolute Gasteiger partial charge is 0.297 e. The van der Waals surface area contributed by atoms with Crippen LogP contribution in [0.4, 0.5) is 37.8 Å². The molecule has 2 aromatic rings. The van der Waals surface area contributed by atoms with E-state index in [0.29, 0.717) is 12.3 Å². The van der Waals surface area contributed by atoms with E-state index in [4.69, 9.17) is 34.8 Å². The standard InChI is InChI=1S/C12H3Cl3F6N4O3/c13-4-1-3(11(16,17)18)6(14)7(15)8(4)24-9(5(2-22-24)25(27)28)23-10(26)12(19,20)21/h1-2H,(H,23,26). The Kier molecular flexibility index (Phi) is 5.74. The molecular formula is C12H3Cl3F6N4O3. The minimum atomic E-state index is -5.44. The van der Waals surface area contributed by atoms with Crippen molar-refractivity contribution in [3.05, 3.63) is 43.0 Å². The van der Waals surface area contributed by atoms with Gasteiger partial charge in [0.25, 0.3) is 0 Å². The number of rotatable bonds is 3. The first-order valence-electron chi connectivity index (χ1n) is 6.52. The summed E-state index contributed by atoms with van der Waals surface area (Å²) >= 11 is 17.0. The highest BCUT2D eigenvalue weighted by atomic mass is 35.5. The van der Waals surface area contributed by atoms with E-state index < -0.39 is 61.0 Å². The number of carbonyl (C=O) groups excluding carboxylic acids is 1. The van der Waals surface area contributed by atoms with Crippen molar-refractivity contribution in [3.63, 3.8) is 0 Å². The number of nitrogens with zero attached hydrogens (tertiary/aromatic N) is 3. The van der Waals surface area contributed by atoms with E-state index in [0.717, 1.165) is 0 Å². The molecule has 0 radical (unpaired) electrons. The fourth-order valence-electron chi connectivity index (χ4n) is 1.92. The Morgan fingerprint density at radius 1 is 1.14 bits per heavy atom. The maximum atomic E-state index is 12.9. The van der Waals surface area contributed by atoms with Crippen LogP contribution in [0.2, 0.25) is 15.1 Å². The average molecular weight is 472 g/mol. The zero-order valence-electron chi connectivity index (χ0n) is 12.6. The second-order valence-electron chi connectivity index (χ2n) is 4.88. The highest BCUT2D eigenvalue weighted by Crippen LogP contribution is 2.45. The van der Waals surface area contributed by atoms with Crippen molar-refractivity contribution in [1.29, 1.82) is 0 Å². The third-order valence-electron chi connectivity index (χ3n) is 3.09. The number of halogens is 9. The topological polar surface area (TPSA) is 90.1 Å². The molecule has 152 valence electrons. The minimum Gasteiger partial charge on any atom is -0.297 e. The van der Waals surface area contributed by atoms with Crippen molar-refractivity contribution < 1.29 is 36.1 Å². The lowest BCUT2D eigenvalue weighted by Gasteiger charge is -2.16. The molecule has 28 heavy (non-hydrogen) atoms. The summed E-state index contributed by atoms with van der Waals surface area (Å²) in [6, 6.07) is 0.300. The zero-order valence-corrected chi connectivity index (χ0v) is 14.9. The van der Waals surface area contributed by atoms with Crippen LogP contribution in [-0.2, 0) is 11.0 Å². The van der Waals surface area contributed by atoms with Crippen molar-refractivity contribution in [2.45, 2.75) is 12.4 Å². The Labute approximate surface area is 164 Å². The van der Waals surface area contributed by atoms with E-state index in [1.165, 1.54) is 5.32 Å². The molecule has 0 atom stereocenters. The van der Waals surface area contributed by atoms with Gasteiger partial charge < -0.3 is 0 Å². The molecule has 0 spiro atoms. The minimum absolute atomic E-state index is 0.262. The van der Waals surface area contributed by atoms with Crippen LogP contribution in [0.15, 0.2) is 12.3 Å². The highest BCUT2D eigenvalue weighted by Gasteiger charge is 2.41. The molecule has 1 N–H and O–H groups in total. The number of aromatic nitrogens is 2. The molecule has 0 bridgehead atoms. The van der Waals surface area contributed by atoms with Crippen molar-refractivity contribution in [1.82, 2.24) is 9.78 Å². The molecule has 1 amide bonds. The Morgan fingerprint density at radius 3 is 2.18 bits per heavy atom. The predicted molar refractivity (Wildman–Crippen MR) is 84.9 cm³/mol. The van der Waals surface area contributed by atoms with Crippen LogP contribution in [0.5, 0.6) is 0 Å². The molecule has 7 nitrogen and oxygen atoms in total. The monoisotopic (exact) mass is 470 g/mol. The van der Waals surface area contributed by atoms with Crippen LogP contribution < -0.4 is 5.32 Å². The fourth-order valence-corrected chi connectivity index (χ4v) is 2.79. The molecule has 1 aromatic heterocycles. The quantitative estimate of drug-likeness (QED) is 0.286. The van der Waals surface area contributed by atoms with Crippen molar-refractivity contribution in [2.24, 2.45) is 0 Å². The summed E-state index contributed by atoms with van der Waals surface area (Å²) < 4.78 is 76.6. The van der Waals surface area contributed by atoms with E-state index in [-0.39, 0.29) is 4.68 Å². The molecule has 0 unspecified atom stereocenters. The lowest BCUT2D eigenvalue weighted by molar-refractivity contribution is -0.384. The Morgan fingerprint density at radius 2 is 1.71 bits per heavy atom. The van der Waals surface area contributed by atoms with Crippen molar-refractivity contribution >= 4 is 52.2 Å². The molecule has 1 aromatic carbocycles. The number of nitro groups is 1. The van der Waals surface area contributed by atoms with E-state index in [1.54, 1.807) is 0 Å². The highest BCUT2D eigenvalue weighted by molar-refractivity contribution is 6.45. The van der Waals surface area contributed by atoms with Crippen LogP contribution in [0.25, 0.3) is 5.69 Å². The van der Waals surface area contributed by atoms with Gasteiger partial charge in [-0.05, 0) is 6.07 Å². The molecule has 0 saturated heterocycles. The Hall–Kier alpha value is -2.25. The summed E-state index contributed by atoms with van der Waals surface area (Å²) in [5, 5.41) is 12.8. The maximum Gasteiger partial charge on any atom is 0.471 e. The Bertz CT molecular complexity index is 973. The first-order chi connectivity index (χ1) is 12.7. The molecule has 0 aliphatic carbocycles. The normalized spacial score (nSPS) is 12.2. The summed E-state index contributed by atoms with van der Waals surface area (Å²) in [6.07, 6.45) is -9.98. The van der Waals surface area contributed by atoms with Gasteiger partial charge in [0, 0.05) is 0 Å². The largest absolute Gasteiger partial charge is 0.471 e. The summed E-state index contributed by atoms with van der Waals surface area (Å²) in [4.78, 5) is 21.0. The van der Waals surface area contributed by atoms with E-state index >= 15 is 0 Å². The lowest BCUT2D eigenvalue weighted by Crippen LogP contribution is -2.31. The molecule has 2 rings (SSSR count). The van der Waals surface area contributed by atoms with Gasteiger partial charge in [-0.2, -0.15) is 31.4 Å². The number of nitrogens with one attached hydrogen (secondary N) is 1. The number of hydrogen-bond donors (Lipinski definition) is 1. The van der Waals surface area contributed by atoms with Gasteiger partial charge in [0.1, 0.15) is 11.9 Å². The van der Waals surface area contributed by atoms with Gasteiger partial charge in [-0.3, -0.25) is 20.2 Å². The van der Waals surface area contributed by atoms with E-state index in [1.807, 2.05) is 0 Å². The van der Waals surface area contributed by atoms with Gasteiger partial charge in [0.05, 0.1) is 25.6 Å². The first-order valence-corrected chi connectivity index (χ1v) is 7.65. The third-order valence-corrected chi connectivity index (χ3v) is 4.23. The molecule has 0 saturated carbocycles. The summed E-state index contributed by atoms with van der Waals surface area (Å²) in [6.45, 7) is 0. The average Bonchev–Trinajstić information content (AvgIpc) is 2.92. The van der Waals surface area contributed by atoms with Gasteiger partial charge >= 0.3 is 23.9 Å². The molecular weight excluding hydrogens is 469 g/mol. The Balaban J connectivity index is 2.75. The van der Waals surface area contributed by atoms with Gasteiger partial charge in [-0.15, -0.1) is 0 Å². The first kappa shape index (κ1) is 22.0. The van der Waals surface area contributed by atoms with Gasteiger partial charge in [0.2, 0.25) is 5.82 Å². The molecule has 0 aliphatic heterocycles. The second kappa shape index (κ2) is 7.29. The number of carbonyl (C=O) groups is 1. The number of alkyl halides is 6. The van der Waals surface area contributed by atoms with E-state index in [2.05, 4.69) is 5.10 Å². The van der Waals surface area contributed by atoms with Gasteiger partial charge in [0.15, 0.2) is 0 Å². The van der Waals surface area contributed by atoms with Crippen molar-refractivity contribution in [2.75, 3.05) is 5.32 Å². The summed E-state index contributed by atoms with van der Waals surface area (Å²) in [5.74, 6) is -3.76. The lowest BCUT2D eigenvalue weighted by atomic mass is 10.2. The zero-order chi connectivity index (χ0) is 21.6. The second-order valence-corrected chi connectivity index (χ2v) is 6.04. The van der Waals surface area contributed by atoms with Crippen LogP contribution in [0.1, 0.15) is 5.56 Å². The molecule has 1 heterocycles. The van der Waals surface area contributed by atoms with Crippen LogP contribution in [-0.4, -0.2) is 26.8 Å². The van der Waals surface area contributed by atoms with Crippen LogP contribution in [0, 0.1) is 10.1 Å².